The predicted octanol–water partition coefficient (Wildman–Crippen LogP) is 2.27. The SMILES string of the molecule is CCc1c(C)sc(NC(=O)c2cc(C)no2)c1C(N)=O. The minimum absolute atomic E-state index is 0.0991. The van der Waals surface area contributed by atoms with Gasteiger partial charge in [-0.25, -0.2) is 0 Å². The van der Waals surface area contributed by atoms with Crippen molar-refractivity contribution < 1.29 is 14.1 Å². The summed E-state index contributed by atoms with van der Waals surface area (Å²) in [4.78, 5) is 24.6. The van der Waals surface area contributed by atoms with Gasteiger partial charge in [0.1, 0.15) is 5.00 Å². The number of amides is 2. The van der Waals surface area contributed by atoms with E-state index in [-0.39, 0.29) is 5.76 Å². The van der Waals surface area contributed by atoms with E-state index in [4.69, 9.17) is 10.3 Å². The fourth-order valence-electron chi connectivity index (χ4n) is 1.99. The molecule has 20 heavy (non-hydrogen) atoms. The van der Waals surface area contributed by atoms with Gasteiger partial charge in [-0.2, -0.15) is 0 Å². The Morgan fingerprint density at radius 2 is 2.15 bits per heavy atom. The average molecular weight is 293 g/mol. The number of rotatable bonds is 4. The van der Waals surface area contributed by atoms with Gasteiger partial charge in [0.15, 0.2) is 0 Å². The molecule has 2 amide bonds. The largest absolute Gasteiger partial charge is 0.365 e. The second-order valence-electron chi connectivity index (χ2n) is 4.35. The highest BCUT2D eigenvalue weighted by molar-refractivity contribution is 7.16. The fraction of sp³-hybridized carbons (Fsp3) is 0.308. The Hall–Kier alpha value is -2.15. The van der Waals surface area contributed by atoms with Crippen molar-refractivity contribution in [2.24, 2.45) is 5.73 Å². The van der Waals surface area contributed by atoms with E-state index in [0.717, 1.165) is 10.4 Å². The molecule has 3 N–H and O–H groups in total. The molecule has 0 aliphatic carbocycles. The monoisotopic (exact) mass is 293 g/mol. The molecule has 2 aromatic rings. The van der Waals surface area contributed by atoms with Crippen molar-refractivity contribution in [3.8, 4) is 0 Å². The molecule has 0 aliphatic rings. The molecule has 0 saturated heterocycles. The molecule has 0 aliphatic heterocycles. The minimum Gasteiger partial charge on any atom is -0.365 e. The Morgan fingerprint density at radius 3 is 2.65 bits per heavy atom. The predicted molar refractivity (Wildman–Crippen MR) is 76.1 cm³/mol. The summed E-state index contributed by atoms with van der Waals surface area (Å²) in [6.45, 7) is 5.55. The van der Waals surface area contributed by atoms with Crippen LogP contribution in [-0.4, -0.2) is 17.0 Å². The number of carbonyl (C=O) groups excluding carboxylic acids is 2. The molecule has 106 valence electrons. The second kappa shape index (κ2) is 5.46. The van der Waals surface area contributed by atoms with Gasteiger partial charge in [-0.3, -0.25) is 9.59 Å². The summed E-state index contributed by atoms with van der Waals surface area (Å²) in [5, 5.41) is 6.76. The number of hydrogen-bond acceptors (Lipinski definition) is 5. The molecule has 6 nitrogen and oxygen atoms in total. The maximum Gasteiger partial charge on any atom is 0.294 e. The highest BCUT2D eigenvalue weighted by Gasteiger charge is 2.22. The van der Waals surface area contributed by atoms with Gasteiger partial charge in [0.2, 0.25) is 5.76 Å². The number of hydrogen-bond donors (Lipinski definition) is 2. The molecule has 0 radical (unpaired) electrons. The molecular weight excluding hydrogens is 278 g/mol. The fourth-order valence-corrected chi connectivity index (χ4v) is 3.13. The summed E-state index contributed by atoms with van der Waals surface area (Å²) in [7, 11) is 0. The van der Waals surface area contributed by atoms with Crippen LogP contribution in [-0.2, 0) is 6.42 Å². The zero-order valence-electron chi connectivity index (χ0n) is 11.4. The summed E-state index contributed by atoms with van der Waals surface area (Å²) in [5.74, 6) is -0.894. The first-order valence-corrected chi connectivity index (χ1v) is 6.92. The third kappa shape index (κ3) is 2.57. The molecule has 0 aromatic carbocycles. The van der Waals surface area contributed by atoms with Gasteiger partial charge in [0.05, 0.1) is 11.3 Å². The van der Waals surface area contributed by atoms with E-state index in [1.165, 1.54) is 17.4 Å². The van der Waals surface area contributed by atoms with Crippen LogP contribution in [0.1, 0.15) is 44.0 Å². The normalized spacial score (nSPS) is 10.6. The first-order valence-electron chi connectivity index (χ1n) is 6.10. The second-order valence-corrected chi connectivity index (χ2v) is 5.57. The summed E-state index contributed by atoms with van der Waals surface area (Å²) in [5.41, 5.74) is 7.26. The molecule has 0 fully saturated rings. The third-order valence-electron chi connectivity index (χ3n) is 2.89. The Balaban J connectivity index is 2.34. The van der Waals surface area contributed by atoms with Crippen molar-refractivity contribution in [3.63, 3.8) is 0 Å². The van der Waals surface area contributed by atoms with Crippen molar-refractivity contribution in [2.75, 3.05) is 5.32 Å². The molecule has 0 spiro atoms. The van der Waals surface area contributed by atoms with Crippen molar-refractivity contribution in [1.29, 1.82) is 0 Å². The lowest BCUT2D eigenvalue weighted by molar-refractivity contribution is 0.0988. The van der Waals surface area contributed by atoms with E-state index in [1.807, 2.05) is 13.8 Å². The molecule has 0 bridgehead atoms. The van der Waals surface area contributed by atoms with Crippen LogP contribution in [0.25, 0.3) is 0 Å². The van der Waals surface area contributed by atoms with Crippen LogP contribution in [0.3, 0.4) is 0 Å². The minimum atomic E-state index is -0.546. The summed E-state index contributed by atoms with van der Waals surface area (Å²) in [6.07, 6.45) is 0.678. The Morgan fingerprint density at radius 1 is 1.45 bits per heavy atom. The number of nitrogens with two attached hydrogens (primary N) is 1. The average Bonchev–Trinajstić information content (AvgIpc) is 2.92. The standard InChI is InChI=1S/C13H15N3O3S/c1-4-8-7(3)20-13(10(8)11(14)17)15-12(18)9-5-6(2)16-19-9/h5H,4H2,1-3H3,(H2,14,17)(H,15,18). The van der Waals surface area contributed by atoms with E-state index in [2.05, 4.69) is 10.5 Å². The Kier molecular flexibility index (Phi) is 3.89. The highest BCUT2D eigenvalue weighted by Crippen LogP contribution is 2.33. The van der Waals surface area contributed by atoms with Crippen LogP contribution in [0.15, 0.2) is 10.6 Å². The van der Waals surface area contributed by atoms with Crippen LogP contribution in [0, 0.1) is 13.8 Å². The molecule has 7 heteroatoms. The lowest BCUT2D eigenvalue weighted by Crippen LogP contribution is -2.17. The number of aromatic nitrogens is 1. The Labute approximate surface area is 119 Å². The number of carbonyl (C=O) groups is 2. The quantitative estimate of drug-likeness (QED) is 0.903. The first-order chi connectivity index (χ1) is 9.43. The molecule has 2 rings (SSSR count). The van der Waals surface area contributed by atoms with Gasteiger partial charge in [-0.1, -0.05) is 12.1 Å². The molecule has 2 aromatic heterocycles. The lowest BCUT2D eigenvalue weighted by Gasteiger charge is -2.03. The van der Waals surface area contributed by atoms with E-state index >= 15 is 0 Å². The third-order valence-corrected chi connectivity index (χ3v) is 3.95. The molecule has 0 unspecified atom stereocenters. The van der Waals surface area contributed by atoms with E-state index < -0.39 is 11.8 Å². The van der Waals surface area contributed by atoms with E-state index in [0.29, 0.717) is 22.7 Å². The zero-order valence-corrected chi connectivity index (χ0v) is 12.3. The smallest absolute Gasteiger partial charge is 0.294 e. The lowest BCUT2D eigenvalue weighted by atomic mass is 10.1. The number of thiophene rings is 1. The van der Waals surface area contributed by atoms with Gasteiger partial charge >= 0.3 is 0 Å². The van der Waals surface area contributed by atoms with Gasteiger partial charge in [-0.05, 0) is 25.8 Å². The van der Waals surface area contributed by atoms with E-state index in [1.54, 1.807) is 6.92 Å². The number of nitrogens with zero attached hydrogens (tertiary/aromatic N) is 1. The van der Waals surface area contributed by atoms with Gasteiger partial charge in [0, 0.05) is 10.9 Å². The molecular formula is C13H15N3O3S. The van der Waals surface area contributed by atoms with E-state index in [9.17, 15) is 9.59 Å². The van der Waals surface area contributed by atoms with Crippen LogP contribution >= 0.6 is 11.3 Å². The van der Waals surface area contributed by atoms with Gasteiger partial charge in [-0.15, -0.1) is 11.3 Å². The Bertz CT molecular complexity index is 672. The first kappa shape index (κ1) is 14.3. The van der Waals surface area contributed by atoms with Crippen LogP contribution in [0.4, 0.5) is 5.00 Å². The van der Waals surface area contributed by atoms with Gasteiger partial charge in [0.25, 0.3) is 11.8 Å². The summed E-state index contributed by atoms with van der Waals surface area (Å²) >= 11 is 1.33. The van der Waals surface area contributed by atoms with Crippen molar-refractivity contribution in [1.82, 2.24) is 5.16 Å². The number of aryl methyl sites for hydroxylation is 2. The van der Waals surface area contributed by atoms with Gasteiger partial charge < -0.3 is 15.6 Å². The molecule has 2 heterocycles. The topological polar surface area (TPSA) is 98.2 Å². The maximum atomic E-state index is 12.0. The number of primary amides is 1. The van der Waals surface area contributed by atoms with Crippen molar-refractivity contribution in [3.05, 3.63) is 33.5 Å². The summed E-state index contributed by atoms with van der Waals surface area (Å²) < 4.78 is 4.89. The highest BCUT2D eigenvalue weighted by atomic mass is 32.1. The van der Waals surface area contributed by atoms with Crippen LogP contribution in [0.5, 0.6) is 0 Å². The van der Waals surface area contributed by atoms with Crippen LogP contribution < -0.4 is 11.1 Å². The van der Waals surface area contributed by atoms with Crippen molar-refractivity contribution in [2.45, 2.75) is 27.2 Å². The number of anilines is 1. The number of nitrogens with one attached hydrogen (secondary N) is 1. The van der Waals surface area contributed by atoms with Crippen LogP contribution in [0.2, 0.25) is 0 Å². The zero-order chi connectivity index (χ0) is 14.9. The molecule has 0 atom stereocenters. The maximum absolute atomic E-state index is 12.0. The van der Waals surface area contributed by atoms with Crippen molar-refractivity contribution >= 4 is 28.2 Å². The molecule has 0 saturated carbocycles. The summed E-state index contributed by atoms with van der Waals surface area (Å²) in [6, 6.07) is 1.53.